The lowest BCUT2D eigenvalue weighted by atomic mass is 9.90. The van der Waals surface area contributed by atoms with Gasteiger partial charge in [0.2, 0.25) is 0 Å². The Labute approximate surface area is 112 Å². The van der Waals surface area contributed by atoms with E-state index in [9.17, 15) is 0 Å². The molecule has 2 aromatic rings. The van der Waals surface area contributed by atoms with Crippen molar-refractivity contribution in [3.05, 3.63) is 42.4 Å². The monoisotopic (exact) mass is 255 g/mol. The minimum absolute atomic E-state index is 0.510. The molecule has 4 nitrogen and oxygen atoms in total. The predicted octanol–water partition coefficient (Wildman–Crippen LogP) is 2.23. The van der Waals surface area contributed by atoms with Crippen LogP contribution in [0, 0.1) is 0 Å². The van der Waals surface area contributed by atoms with Crippen molar-refractivity contribution in [2.75, 3.05) is 20.2 Å². The molecule has 1 unspecified atom stereocenters. The molecule has 3 rings (SSSR count). The molecule has 2 heterocycles. The van der Waals surface area contributed by atoms with Crippen LogP contribution in [0.25, 0.3) is 11.3 Å². The number of hydrogen-bond acceptors (Lipinski definition) is 4. The molecule has 1 aromatic carbocycles. The molecule has 1 atom stereocenters. The van der Waals surface area contributed by atoms with E-state index in [0.717, 1.165) is 36.6 Å². The van der Waals surface area contributed by atoms with Crippen molar-refractivity contribution in [1.82, 2.24) is 15.3 Å². The summed E-state index contributed by atoms with van der Waals surface area (Å²) in [4.78, 5) is 8.29. The van der Waals surface area contributed by atoms with Crippen LogP contribution in [0.15, 0.2) is 36.8 Å². The maximum absolute atomic E-state index is 5.90. The van der Waals surface area contributed by atoms with Crippen LogP contribution in [0.3, 0.4) is 0 Å². The van der Waals surface area contributed by atoms with Gasteiger partial charge in [-0.05, 0) is 31.2 Å². The van der Waals surface area contributed by atoms with Gasteiger partial charge in [-0.15, -0.1) is 0 Å². The molecule has 98 valence electrons. The molecule has 1 aliphatic heterocycles. The average molecular weight is 255 g/mol. The summed E-state index contributed by atoms with van der Waals surface area (Å²) in [5.41, 5.74) is 3.24. The summed E-state index contributed by atoms with van der Waals surface area (Å²) >= 11 is 0. The third-order valence-electron chi connectivity index (χ3n) is 3.51. The lowest BCUT2D eigenvalue weighted by Gasteiger charge is -2.27. The van der Waals surface area contributed by atoms with Gasteiger partial charge in [0.1, 0.15) is 12.1 Å². The van der Waals surface area contributed by atoms with E-state index in [0.29, 0.717) is 5.92 Å². The fourth-order valence-electron chi connectivity index (χ4n) is 2.61. The van der Waals surface area contributed by atoms with E-state index in [2.05, 4.69) is 33.5 Å². The Balaban J connectivity index is 2.06. The fourth-order valence-corrected chi connectivity index (χ4v) is 2.61. The Kier molecular flexibility index (Phi) is 3.42. The van der Waals surface area contributed by atoms with Gasteiger partial charge in [-0.25, -0.2) is 9.97 Å². The van der Waals surface area contributed by atoms with E-state index in [1.807, 2.05) is 13.1 Å². The van der Waals surface area contributed by atoms with Crippen LogP contribution in [0.5, 0.6) is 5.75 Å². The van der Waals surface area contributed by atoms with Gasteiger partial charge in [0, 0.05) is 24.2 Å². The first-order valence-corrected chi connectivity index (χ1v) is 6.57. The van der Waals surface area contributed by atoms with Crippen molar-refractivity contribution >= 4 is 0 Å². The lowest BCUT2D eigenvalue weighted by molar-refractivity contribution is 0.267. The molecular formula is C15H17N3O. The number of aromatic nitrogens is 2. The number of likely N-dealkylation sites (N-methyl/N-ethyl adjacent to an activating group) is 1. The number of rotatable bonds is 3. The minimum atomic E-state index is 0.510. The maximum Gasteiger partial charge on any atom is 0.132 e. The summed E-state index contributed by atoms with van der Waals surface area (Å²) < 4.78 is 5.90. The van der Waals surface area contributed by atoms with E-state index in [1.54, 1.807) is 12.5 Å². The third-order valence-corrected chi connectivity index (χ3v) is 3.51. The molecule has 0 fully saturated rings. The number of nitrogens with one attached hydrogen (secondary N) is 1. The predicted molar refractivity (Wildman–Crippen MR) is 74.2 cm³/mol. The van der Waals surface area contributed by atoms with E-state index in [4.69, 9.17) is 4.74 Å². The first kappa shape index (κ1) is 12.1. The summed E-state index contributed by atoms with van der Waals surface area (Å²) in [6.07, 6.45) is 4.39. The zero-order valence-corrected chi connectivity index (χ0v) is 11.0. The average Bonchev–Trinajstić information content (AvgIpc) is 2.48. The van der Waals surface area contributed by atoms with Crippen LogP contribution in [0.2, 0.25) is 0 Å². The Bertz CT molecular complexity index is 557. The first-order valence-electron chi connectivity index (χ1n) is 6.57. The van der Waals surface area contributed by atoms with Gasteiger partial charge in [-0.1, -0.05) is 12.1 Å². The molecule has 1 aliphatic rings. The summed E-state index contributed by atoms with van der Waals surface area (Å²) in [6.45, 7) is 1.74. The quantitative estimate of drug-likeness (QED) is 0.913. The molecule has 0 saturated carbocycles. The zero-order valence-electron chi connectivity index (χ0n) is 11.0. The molecule has 0 spiro atoms. The Morgan fingerprint density at radius 2 is 2.32 bits per heavy atom. The Hall–Kier alpha value is -1.94. The van der Waals surface area contributed by atoms with Crippen LogP contribution in [0.4, 0.5) is 0 Å². The highest BCUT2D eigenvalue weighted by Gasteiger charge is 2.23. The van der Waals surface area contributed by atoms with Crippen LogP contribution in [0.1, 0.15) is 17.9 Å². The van der Waals surface area contributed by atoms with Crippen LogP contribution in [-0.4, -0.2) is 30.2 Å². The van der Waals surface area contributed by atoms with Gasteiger partial charge >= 0.3 is 0 Å². The van der Waals surface area contributed by atoms with Gasteiger partial charge in [0.15, 0.2) is 0 Å². The lowest BCUT2D eigenvalue weighted by Crippen LogP contribution is -2.23. The molecule has 1 aromatic heterocycles. The second kappa shape index (κ2) is 5.36. The van der Waals surface area contributed by atoms with Crippen LogP contribution >= 0.6 is 0 Å². The highest BCUT2D eigenvalue weighted by atomic mass is 16.5. The van der Waals surface area contributed by atoms with Crippen LogP contribution < -0.4 is 10.1 Å². The minimum Gasteiger partial charge on any atom is -0.493 e. The maximum atomic E-state index is 5.90. The molecular weight excluding hydrogens is 238 g/mol. The molecule has 1 N–H and O–H groups in total. The smallest absolute Gasteiger partial charge is 0.132 e. The second-order valence-corrected chi connectivity index (χ2v) is 4.71. The van der Waals surface area contributed by atoms with E-state index >= 15 is 0 Å². The van der Waals surface area contributed by atoms with E-state index < -0.39 is 0 Å². The van der Waals surface area contributed by atoms with Gasteiger partial charge in [-0.2, -0.15) is 0 Å². The van der Waals surface area contributed by atoms with Crippen molar-refractivity contribution in [1.29, 1.82) is 0 Å². The summed E-state index contributed by atoms with van der Waals surface area (Å²) in [5.74, 6) is 1.49. The Morgan fingerprint density at radius 1 is 1.37 bits per heavy atom. The van der Waals surface area contributed by atoms with Crippen molar-refractivity contribution in [3.63, 3.8) is 0 Å². The van der Waals surface area contributed by atoms with Gasteiger partial charge in [0.05, 0.1) is 12.3 Å². The summed E-state index contributed by atoms with van der Waals surface area (Å²) in [5, 5.41) is 3.26. The van der Waals surface area contributed by atoms with Crippen molar-refractivity contribution < 1.29 is 4.74 Å². The normalized spacial score (nSPS) is 17.6. The highest BCUT2D eigenvalue weighted by Crippen LogP contribution is 2.39. The number of benzene rings is 1. The number of para-hydroxylation sites is 1. The standard InChI is InChI=1S/C15H17N3O/c1-16-9-11-6-8-19-15-12(11)3-2-4-13(15)14-5-7-17-10-18-14/h2-5,7,10-11,16H,6,8-9H2,1H3. The largest absolute Gasteiger partial charge is 0.493 e. The number of nitrogens with zero attached hydrogens (tertiary/aromatic N) is 2. The summed E-state index contributed by atoms with van der Waals surface area (Å²) in [6, 6.07) is 8.21. The highest BCUT2D eigenvalue weighted by molar-refractivity contribution is 5.69. The molecule has 4 heteroatoms. The fraction of sp³-hybridized carbons (Fsp3) is 0.333. The summed E-state index contributed by atoms with van der Waals surface area (Å²) in [7, 11) is 1.99. The van der Waals surface area contributed by atoms with Gasteiger partial charge < -0.3 is 10.1 Å². The number of fused-ring (bicyclic) bond motifs is 1. The second-order valence-electron chi connectivity index (χ2n) is 4.71. The molecule has 0 saturated heterocycles. The molecule has 0 bridgehead atoms. The SMILES string of the molecule is CNCC1CCOc2c(-c3ccncn3)cccc21. The molecule has 0 amide bonds. The van der Waals surface area contributed by atoms with Crippen molar-refractivity contribution in [3.8, 4) is 17.0 Å². The van der Waals surface area contributed by atoms with E-state index in [-0.39, 0.29) is 0 Å². The Morgan fingerprint density at radius 3 is 3.11 bits per heavy atom. The van der Waals surface area contributed by atoms with Crippen LogP contribution in [-0.2, 0) is 0 Å². The number of hydrogen-bond donors (Lipinski definition) is 1. The third kappa shape index (κ3) is 2.31. The van der Waals surface area contributed by atoms with Gasteiger partial charge in [-0.3, -0.25) is 0 Å². The molecule has 0 radical (unpaired) electrons. The first-order chi connectivity index (χ1) is 9.40. The van der Waals surface area contributed by atoms with E-state index in [1.165, 1.54) is 5.56 Å². The molecule has 0 aliphatic carbocycles. The van der Waals surface area contributed by atoms with Crippen molar-refractivity contribution in [2.45, 2.75) is 12.3 Å². The zero-order chi connectivity index (χ0) is 13.1. The topological polar surface area (TPSA) is 47.0 Å². The number of ether oxygens (including phenoxy) is 1. The van der Waals surface area contributed by atoms with Gasteiger partial charge in [0.25, 0.3) is 0 Å². The molecule has 19 heavy (non-hydrogen) atoms. The van der Waals surface area contributed by atoms with Crippen molar-refractivity contribution in [2.24, 2.45) is 0 Å².